The molecule has 0 radical (unpaired) electrons. The van der Waals surface area contributed by atoms with Gasteiger partial charge >= 0.3 is 0 Å². The quantitative estimate of drug-likeness (QED) is 0.813. The normalized spacial score (nSPS) is 15.4. The molecule has 1 fully saturated rings. The molecule has 0 unspecified atom stereocenters. The number of benzene rings is 2. The van der Waals surface area contributed by atoms with E-state index >= 15 is 0 Å². The van der Waals surface area contributed by atoms with Gasteiger partial charge in [-0.05, 0) is 42.3 Å². The Morgan fingerprint density at radius 2 is 1.78 bits per heavy atom. The molecule has 2 amide bonds. The highest BCUT2D eigenvalue weighted by Gasteiger charge is 2.28. The number of amides is 2. The molecule has 8 heteroatoms. The van der Waals surface area contributed by atoms with Gasteiger partial charge in [-0.2, -0.15) is 0 Å². The second-order valence-electron chi connectivity index (χ2n) is 6.25. The van der Waals surface area contributed by atoms with E-state index in [4.69, 9.17) is 0 Å². The second kappa shape index (κ2) is 7.79. The summed E-state index contributed by atoms with van der Waals surface area (Å²) in [6, 6.07) is 13.5. The van der Waals surface area contributed by atoms with Crippen molar-refractivity contribution in [2.75, 3.05) is 23.7 Å². The predicted octanol–water partition coefficient (Wildman–Crippen LogP) is 1.52. The van der Waals surface area contributed by atoms with E-state index in [-0.39, 0.29) is 17.6 Å². The number of carbonyl (C=O) groups is 2. The van der Waals surface area contributed by atoms with E-state index in [1.54, 1.807) is 55.6 Å². The van der Waals surface area contributed by atoms with Gasteiger partial charge in [-0.25, -0.2) is 8.42 Å². The number of hydrogen-bond donors (Lipinski definition) is 2. The molecule has 7 nitrogen and oxygen atoms in total. The lowest BCUT2D eigenvalue weighted by molar-refractivity contribution is 0.0946. The Kier molecular flexibility index (Phi) is 5.46. The topological polar surface area (TPSA) is 95.6 Å². The molecule has 27 heavy (non-hydrogen) atoms. The lowest BCUT2D eigenvalue weighted by atomic mass is 10.1. The number of anilines is 1. The van der Waals surface area contributed by atoms with Crippen molar-refractivity contribution in [1.82, 2.24) is 10.6 Å². The highest BCUT2D eigenvalue weighted by atomic mass is 32.2. The summed E-state index contributed by atoms with van der Waals surface area (Å²) in [5.74, 6) is -0.321. The number of hydrogen-bond acceptors (Lipinski definition) is 4. The zero-order valence-corrected chi connectivity index (χ0v) is 15.8. The number of carbonyl (C=O) groups excluding carboxylic acids is 2. The largest absolute Gasteiger partial charge is 0.355 e. The van der Waals surface area contributed by atoms with E-state index in [0.717, 1.165) is 5.56 Å². The Morgan fingerprint density at radius 1 is 1.04 bits per heavy atom. The van der Waals surface area contributed by atoms with Gasteiger partial charge < -0.3 is 10.6 Å². The van der Waals surface area contributed by atoms with Gasteiger partial charge in [-0.1, -0.05) is 18.2 Å². The molecule has 3 rings (SSSR count). The first-order valence-corrected chi connectivity index (χ1v) is 10.2. The van der Waals surface area contributed by atoms with Crippen LogP contribution in [0.3, 0.4) is 0 Å². The summed E-state index contributed by atoms with van der Waals surface area (Å²) in [5.41, 5.74) is 2.31. The fourth-order valence-corrected chi connectivity index (χ4v) is 4.49. The van der Waals surface area contributed by atoms with Gasteiger partial charge in [0.1, 0.15) is 0 Å². The first-order chi connectivity index (χ1) is 12.9. The van der Waals surface area contributed by atoms with E-state index in [9.17, 15) is 18.0 Å². The first kappa shape index (κ1) is 18.9. The maximum absolute atomic E-state index is 12.4. The van der Waals surface area contributed by atoms with Gasteiger partial charge in [-0.3, -0.25) is 13.9 Å². The Hall–Kier alpha value is -2.87. The van der Waals surface area contributed by atoms with Crippen molar-refractivity contribution in [2.45, 2.75) is 13.0 Å². The van der Waals surface area contributed by atoms with Crippen LogP contribution in [0.15, 0.2) is 48.5 Å². The van der Waals surface area contributed by atoms with E-state index in [1.165, 1.54) is 4.31 Å². The molecule has 1 heterocycles. The average Bonchev–Trinajstić information content (AvgIpc) is 3.05. The second-order valence-corrected chi connectivity index (χ2v) is 8.26. The van der Waals surface area contributed by atoms with Crippen molar-refractivity contribution in [1.29, 1.82) is 0 Å². The molecule has 0 spiro atoms. The zero-order chi connectivity index (χ0) is 19.4. The van der Waals surface area contributed by atoms with Gasteiger partial charge in [-0.15, -0.1) is 0 Å². The minimum absolute atomic E-state index is 0.134. The third-order valence-electron chi connectivity index (χ3n) is 4.39. The monoisotopic (exact) mass is 387 g/mol. The van der Waals surface area contributed by atoms with E-state index in [0.29, 0.717) is 36.3 Å². The standard InChI is InChI=1S/C19H21N3O4S/c1-20-18(23)15-8-6-14(7-9-15)13-21-19(24)16-4-2-5-17(12-16)22-10-3-11-27(22,25)26/h2,4-9,12H,3,10-11,13H2,1H3,(H,20,23)(H,21,24). The van der Waals surface area contributed by atoms with Gasteiger partial charge in [0.2, 0.25) is 10.0 Å². The molecule has 2 aromatic carbocycles. The summed E-state index contributed by atoms with van der Waals surface area (Å²) in [7, 11) is -1.71. The van der Waals surface area contributed by atoms with E-state index in [1.807, 2.05) is 0 Å². The Bertz CT molecular complexity index is 955. The van der Waals surface area contributed by atoms with Crippen LogP contribution < -0.4 is 14.9 Å². The maximum atomic E-state index is 12.4. The summed E-state index contributed by atoms with van der Waals surface area (Å²) < 4.78 is 25.4. The van der Waals surface area contributed by atoms with Crippen LogP contribution in [-0.2, 0) is 16.6 Å². The van der Waals surface area contributed by atoms with Crippen molar-refractivity contribution in [2.24, 2.45) is 0 Å². The SMILES string of the molecule is CNC(=O)c1ccc(CNC(=O)c2cccc(N3CCCS3(=O)=O)c2)cc1. The van der Waals surface area contributed by atoms with Crippen molar-refractivity contribution in [3.63, 3.8) is 0 Å². The van der Waals surface area contributed by atoms with Crippen LogP contribution in [0.1, 0.15) is 32.7 Å². The molecule has 0 aromatic heterocycles. The molecule has 2 N–H and O–H groups in total. The fraction of sp³-hybridized carbons (Fsp3) is 0.263. The van der Waals surface area contributed by atoms with Crippen molar-refractivity contribution in [3.8, 4) is 0 Å². The summed E-state index contributed by atoms with van der Waals surface area (Å²) in [6.07, 6.45) is 0.588. The Balaban J connectivity index is 1.66. The average molecular weight is 387 g/mol. The third-order valence-corrected chi connectivity index (χ3v) is 6.26. The van der Waals surface area contributed by atoms with E-state index in [2.05, 4.69) is 10.6 Å². The molecular formula is C19H21N3O4S. The minimum atomic E-state index is -3.28. The molecular weight excluding hydrogens is 366 g/mol. The van der Waals surface area contributed by atoms with Crippen LogP contribution in [0.4, 0.5) is 5.69 Å². The first-order valence-electron chi connectivity index (χ1n) is 8.60. The molecule has 1 aliphatic heterocycles. The van der Waals surface area contributed by atoms with Gasteiger partial charge in [0.25, 0.3) is 11.8 Å². The Morgan fingerprint density at radius 3 is 2.41 bits per heavy atom. The van der Waals surface area contributed by atoms with Crippen molar-refractivity contribution >= 4 is 27.5 Å². The summed E-state index contributed by atoms with van der Waals surface area (Å²) in [5, 5.41) is 5.36. The molecule has 142 valence electrons. The number of nitrogens with zero attached hydrogens (tertiary/aromatic N) is 1. The molecule has 0 atom stereocenters. The molecule has 2 aromatic rings. The molecule has 1 aliphatic rings. The summed E-state index contributed by atoms with van der Waals surface area (Å²) in [6.45, 7) is 0.740. The number of nitrogens with one attached hydrogen (secondary N) is 2. The van der Waals surface area contributed by atoms with Gasteiger partial charge in [0.05, 0.1) is 11.4 Å². The number of sulfonamides is 1. The lowest BCUT2D eigenvalue weighted by Crippen LogP contribution is -2.26. The lowest BCUT2D eigenvalue weighted by Gasteiger charge is -2.17. The van der Waals surface area contributed by atoms with Crippen LogP contribution in [-0.4, -0.2) is 39.6 Å². The maximum Gasteiger partial charge on any atom is 0.251 e. The van der Waals surface area contributed by atoms with E-state index < -0.39 is 10.0 Å². The highest BCUT2D eigenvalue weighted by Crippen LogP contribution is 2.24. The van der Waals surface area contributed by atoms with Crippen molar-refractivity contribution in [3.05, 3.63) is 65.2 Å². The summed E-state index contributed by atoms with van der Waals surface area (Å²) >= 11 is 0. The van der Waals surface area contributed by atoms with Gasteiger partial charge in [0, 0.05) is 31.3 Å². The van der Waals surface area contributed by atoms with Crippen LogP contribution in [0.25, 0.3) is 0 Å². The summed E-state index contributed by atoms with van der Waals surface area (Å²) in [4.78, 5) is 24.0. The van der Waals surface area contributed by atoms with Crippen LogP contribution in [0, 0.1) is 0 Å². The predicted molar refractivity (Wildman–Crippen MR) is 103 cm³/mol. The fourth-order valence-electron chi connectivity index (χ4n) is 2.93. The van der Waals surface area contributed by atoms with Crippen molar-refractivity contribution < 1.29 is 18.0 Å². The smallest absolute Gasteiger partial charge is 0.251 e. The Labute approximate surface area is 158 Å². The number of rotatable bonds is 5. The third kappa shape index (κ3) is 4.28. The van der Waals surface area contributed by atoms with Crippen LogP contribution >= 0.6 is 0 Å². The van der Waals surface area contributed by atoms with Crippen LogP contribution in [0.2, 0.25) is 0 Å². The van der Waals surface area contributed by atoms with Gasteiger partial charge in [0.15, 0.2) is 0 Å². The zero-order valence-electron chi connectivity index (χ0n) is 14.9. The highest BCUT2D eigenvalue weighted by molar-refractivity contribution is 7.93. The minimum Gasteiger partial charge on any atom is -0.355 e. The molecule has 0 bridgehead atoms. The molecule has 0 saturated carbocycles. The molecule has 1 saturated heterocycles. The molecule has 0 aliphatic carbocycles. The van der Waals surface area contributed by atoms with Crippen LogP contribution in [0.5, 0.6) is 0 Å².